The predicted molar refractivity (Wildman–Crippen MR) is 226 cm³/mol. The van der Waals surface area contributed by atoms with E-state index in [0.717, 1.165) is 48.8 Å². The summed E-state index contributed by atoms with van der Waals surface area (Å²) >= 11 is 0. The van der Waals surface area contributed by atoms with Gasteiger partial charge in [0.1, 0.15) is 31.9 Å². The third kappa shape index (κ3) is 15.3. The maximum atomic E-state index is 14.3. The fourth-order valence-corrected chi connectivity index (χ4v) is 7.77. The lowest BCUT2D eigenvalue weighted by Gasteiger charge is -2.31. The number of nitrogens with zero attached hydrogens (tertiary/aromatic N) is 2. The topological polar surface area (TPSA) is 153 Å². The van der Waals surface area contributed by atoms with Gasteiger partial charge in [-0.25, -0.2) is 14.4 Å². The maximum absolute atomic E-state index is 14.3. The first-order valence-corrected chi connectivity index (χ1v) is 21.6. The third-order valence-electron chi connectivity index (χ3n) is 11.1. The summed E-state index contributed by atoms with van der Waals surface area (Å²) in [5.41, 5.74) is 2.71. The Balaban J connectivity index is 1.13. The van der Waals surface area contributed by atoms with Crippen LogP contribution in [-0.2, 0) is 53.2 Å². The van der Waals surface area contributed by atoms with Gasteiger partial charge in [-0.05, 0) is 80.9 Å². The molecule has 13 heteroatoms. The lowest BCUT2D eigenvalue weighted by atomic mass is 9.91. The Morgan fingerprint density at radius 2 is 1.22 bits per heavy atom. The zero-order chi connectivity index (χ0) is 42.4. The molecule has 5 rings (SSSR count). The first kappa shape index (κ1) is 45.7. The number of rotatable bonds is 22. The van der Waals surface area contributed by atoms with E-state index in [1.807, 2.05) is 91.0 Å². The highest BCUT2D eigenvalue weighted by Gasteiger charge is 2.39. The van der Waals surface area contributed by atoms with Gasteiger partial charge in [0.15, 0.2) is 0 Å². The van der Waals surface area contributed by atoms with Gasteiger partial charge in [-0.3, -0.25) is 14.9 Å². The van der Waals surface area contributed by atoms with Crippen molar-refractivity contribution >= 4 is 30.0 Å². The van der Waals surface area contributed by atoms with Gasteiger partial charge in [0.25, 0.3) is 0 Å². The summed E-state index contributed by atoms with van der Waals surface area (Å²) in [5.74, 6) is -0.656. The molecule has 13 nitrogen and oxygen atoms in total. The molecular weight excluding hydrogens is 765 g/mol. The Labute approximate surface area is 354 Å². The highest BCUT2D eigenvalue weighted by atomic mass is 16.6. The van der Waals surface area contributed by atoms with Crippen LogP contribution in [0.3, 0.4) is 0 Å². The van der Waals surface area contributed by atoms with Crippen molar-refractivity contribution in [3.8, 4) is 0 Å². The van der Waals surface area contributed by atoms with E-state index in [4.69, 9.17) is 18.9 Å². The molecule has 60 heavy (non-hydrogen) atoms. The maximum Gasteiger partial charge on any atom is 0.410 e. The average molecular weight is 827 g/mol. The number of piperidine rings is 1. The van der Waals surface area contributed by atoms with Gasteiger partial charge >= 0.3 is 24.1 Å². The molecule has 2 saturated heterocycles. The van der Waals surface area contributed by atoms with Crippen LogP contribution in [0.2, 0.25) is 0 Å². The van der Waals surface area contributed by atoms with Crippen LogP contribution in [0.1, 0.15) is 94.2 Å². The number of benzene rings is 3. The molecule has 0 aliphatic carbocycles. The molecule has 3 aromatic rings. The van der Waals surface area contributed by atoms with Crippen molar-refractivity contribution in [3.63, 3.8) is 0 Å². The molecule has 2 aliphatic rings. The SMILES string of the molecule is CCOC(=O)[C@H](CCCCC1CCN(C(=O)OCc2ccccc2)CC1)N[C@@H](CCCCNC(=O)OCc1ccccc1)C(=O)N1CCC[C@H]1C(=O)OCc1ccccc1. The number of carbonyl (C=O) groups excluding carboxylic acids is 5. The van der Waals surface area contributed by atoms with Crippen molar-refractivity contribution in [2.24, 2.45) is 5.92 Å². The molecule has 3 aromatic carbocycles. The van der Waals surface area contributed by atoms with Gasteiger partial charge < -0.3 is 34.1 Å². The number of likely N-dealkylation sites (tertiary alicyclic amines) is 2. The number of alkyl carbamates (subject to hydrolysis) is 1. The van der Waals surface area contributed by atoms with Gasteiger partial charge in [-0.15, -0.1) is 0 Å². The second-order valence-corrected chi connectivity index (χ2v) is 15.5. The smallest absolute Gasteiger partial charge is 0.410 e. The fourth-order valence-electron chi connectivity index (χ4n) is 7.77. The van der Waals surface area contributed by atoms with Crippen LogP contribution in [-0.4, -0.2) is 90.7 Å². The molecule has 0 radical (unpaired) electrons. The summed E-state index contributed by atoms with van der Waals surface area (Å²) in [7, 11) is 0. The van der Waals surface area contributed by atoms with E-state index in [1.165, 1.54) is 0 Å². The van der Waals surface area contributed by atoms with Crippen LogP contribution in [0.4, 0.5) is 9.59 Å². The van der Waals surface area contributed by atoms with E-state index >= 15 is 0 Å². The minimum atomic E-state index is -0.766. The standard InChI is InChI=1S/C47H62N4O9/c1-2-57-44(53)41(25-13-12-17-36-27-31-50(32-28-36)47(56)60-35-39-22-10-5-11-23-39)49-40(24-14-15-29-48-46(55)59-34-38-20-8-4-9-21-38)43(52)51-30-16-26-42(51)45(54)58-33-37-18-6-3-7-19-37/h3-11,18-23,36,40-42,49H,2,12-17,24-35H2,1H3,(H,48,55)/t40-,41-,42-/m0/s1. The Bertz CT molecular complexity index is 1760. The summed E-state index contributed by atoms with van der Waals surface area (Å²) in [6.45, 7) is 4.56. The Morgan fingerprint density at radius 1 is 0.650 bits per heavy atom. The summed E-state index contributed by atoms with van der Waals surface area (Å²) in [4.78, 5) is 69.4. The van der Waals surface area contributed by atoms with Crippen molar-refractivity contribution in [3.05, 3.63) is 108 Å². The van der Waals surface area contributed by atoms with Crippen LogP contribution in [0, 0.1) is 5.92 Å². The predicted octanol–water partition coefficient (Wildman–Crippen LogP) is 7.32. The molecule has 0 unspecified atom stereocenters. The van der Waals surface area contributed by atoms with E-state index < -0.39 is 36.2 Å². The summed E-state index contributed by atoms with van der Waals surface area (Å²) in [6, 6.07) is 26.3. The monoisotopic (exact) mass is 826 g/mol. The first-order chi connectivity index (χ1) is 29.3. The Morgan fingerprint density at radius 3 is 1.83 bits per heavy atom. The van der Waals surface area contributed by atoms with Crippen molar-refractivity contribution in [1.29, 1.82) is 0 Å². The van der Waals surface area contributed by atoms with E-state index in [9.17, 15) is 24.0 Å². The molecule has 2 aliphatic heterocycles. The summed E-state index contributed by atoms with van der Waals surface area (Å²) < 4.78 is 22.0. The number of hydrogen-bond acceptors (Lipinski definition) is 10. The first-order valence-electron chi connectivity index (χ1n) is 21.6. The normalized spacial score (nSPS) is 16.4. The van der Waals surface area contributed by atoms with Crippen LogP contribution in [0.5, 0.6) is 0 Å². The third-order valence-corrected chi connectivity index (χ3v) is 11.1. The number of ether oxygens (including phenoxy) is 4. The van der Waals surface area contributed by atoms with Crippen LogP contribution < -0.4 is 10.6 Å². The molecule has 2 fully saturated rings. The van der Waals surface area contributed by atoms with E-state index in [-0.39, 0.29) is 38.4 Å². The van der Waals surface area contributed by atoms with Crippen LogP contribution in [0.25, 0.3) is 0 Å². The number of hydrogen-bond donors (Lipinski definition) is 2. The van der Waals surface area contributed by atoms with Gasteiger partial charge in [-0.2, -0.15) is 0 Å². The molecule has 0 spiro atoms. The van der Waals surface area contributed by atoms with Crippen LogP contribution in [0.15, 0.2) is 91.0 Å². The molecule has 0 bridgehead atoms. The number of esters is 2. The minimum Gasteiger partial charge on any atom is -0.465 e. The quantitative estimate of drug-likeness (QED) is 0.0599. The second kappa shape index (κ2) is 25.3. The molecule has 2 heterocycles. The van der Waals surface area contributed by atoms with Gasteiger partial charge in [-0.1, -0.05) is 110 Å². The van der Waals surface area contributed by atoms with Crippen LogP contribution >= 0.6 is 0 Å². The van der Waals surface area contributed by atoms with Gasteiger partial charge in [0.2, 0.25) is 5.91 Å². The van der Waals surface area contributed by atoms with Crippen molar-refractivity contribution < 1.29 is 42.9 Å². The Hall–Kier alpha value is -5.43. The van der Waals surface area contributed by atoms with Crippen molar-refractivity contribution in [2.75, 3.05) is 32.8 Å². The van der Waals surface area contributed by atoms with Gasteiger partial charge in [0, 0.05) is 26.2 Å². The molecular formula is C47H62N4O9. The Kier molecular flexibility index (Phi) is 19.2. The van der Waals surface area contributed by atoms with E-state index in [0.29, 0.717) is 70.6 Å². The zero-order valence-electron chi connectivity index (χ0n) is 35.0. The highest BCUT2D eigenvalue weighted by molar-refractivity contribution is 5.89. The minimum absolute atomic E-state index is 0.117. The number of unbranched alkanes of at least 4 members (excludes halogenated alkanes) is 2. The fraction of sp³-hybridized carbons (Fsp3) is 0.511. The number of nitrogens with one attached hydrogen (secondary N) is 2. The lowest BCUT2D eigenvalue weighted by molar-refractivity contribution is -0.155. The average Bonchev–Trinajstić information content (AvgIpc) is 3.78. The zero-order valence-corrected chi connectivity index (χ0v) is 35.0. The largest absolute Gasteiger partial charge is 0.465 e. The molecule has 324 valence electrons. The van der Waals surface area contributed by atoms with Gasteiger partial charge in [0.05, 0.1) is 12.6 Å². The molecule has 2 N–H and O–H groups in total. The van der Waals surface area contributed by atoms with Crippen molar-refractivity contribution in [2.45, 2.75) is 115 Å². The second-order valence-electron chi connectivity index (χ2n) is 15.5. The summed E-state index contributed by atoms with van der Waals surface area (Å²) in [5, 5.41) is 6.14. The van der Waals surface area contributed by atoms with E-state index in [2.05, 4.69) is 10.6 Å². The number of carbonyl (C=O) groups is 5. The molecule has 3 atom stereocenters. The number of amides is 3. The molecule has 0 aromatic heterocycles. The molecule has 0 saturated carbocycles. The molecule has 3 amide bonds. The van der Waals surface area contributed by atoms with E-state index in [1.54, 1.807) is 16.7 Å². The highest BCUT2D eigenvalue weighted by Crippen LogP contribution is 2.25. The lowest BCUT2D eigenvalue weighted by Crippen LogP contribution is -2.54. The van der Waals surface area contributed by atoms with Crippen molar-refractivity contribution in [1.82, 2.24) is 20.4 Å². The summed E-state index contributed by atoms with van der Waals surface area (Å²) in [6.07, 6.45) is 6.71.